The average molecular weight is 348 g/mol. The van der Waals surface area contributed by atoms with Gasteiger partial charge in [-0.3, -0.25) is 4.79 Å². The lowest BCUT2D eigenvalue weighted by Gasteiger charge is -2.31. The summed E-state index contributed by atoms with van der Waals surface area (Å²) < 4.78 is 0. The van der Waals surface area contributed by atoms with Crippen LogP contribution in [0.2, 0.25) is 0 Å². The minimum atomic E-state index is 0.224. The molecule has 1 heterocycles. The summed E-state index contributed by atoms with van der Waals surface area (Å²) in [5, 5.41) is 5.52. The van der Waals surface area contributed by atoms with Crippen LogP contribution in [-0.4, -0.2) is 12.5 Å². The Bertz CT molecular complexity index is 496. The van der Waals surface area contributed by atoms with Gasteiger partial charge in [0, 0.05) is 22.8 Å². The molecule has 2 nitrogen and oxygen atoms in total. The van der Waals surface area contributed by atoms with E-state index in [0.29, 0.717) is 5.91 Å². The molecule has 3 rings (SSSR count). The zero-order valence-corrected chi connectivity index (χ0v) is 16.0. The van der Waals surface area contributed by atoms with Crippen molar-refractivity contribution in [1.82, 2.24) is 5.32 Å². The normalized spacial score (nSPS) is 26.4. The van der Waals surface area contributed by atoms with E-state index in [1.54, 1.807) is 0 Å². The first-order chi connectivity index (χ1) is 11.7. The highest BCUT2D eigenvalue weighted by Gasteiger charge is 2.37. The fourth-order valence-electron chi connectivity index (χ4n) is 4.75. The van der Waals surface area contributed by atoms with Crippen molar-refractivity contribution in [1.29, 1.82) is 0 Å². The highest BCUT2D eigenvalue weighted by Crippen LogP contribution is 2.42. The van der Waals surface area contributed by atoms with Crippen LogP contribution in [0.1, 0.15) is 82.4 Å². The van der Waals surface area contributed by atoms with E-state index >= 15 is 0 Å². The highest BCUT2D eigenvalue weighted by atomic mass is 32.1. The maximum atomic E-state index is 12.7. The summed E-state index contributed by atoms with van der Waals surface area (Å²) in [6.07, 6.45) is 13.8. The Morgan fingerprint density at radius 3 is 2.62 bits per heavy atom. The van der Waals surface area contributed by atoms with Crippen molar-refractivity contribution in [2.24, 2.45) is 11.8 Å². The Morgan fingerprint density at radius 1 is 1.25 bits per heavy atom. The lowest BCUT2D eigenvalue weighted by Crippen LogP contribution is -2.41. The van der Waals surface area contributed by atoms with Crippen molar-refractivity contribution in [3.05, 3.63) is 22.4 Å². The van der Waals surface area contributed by atoms with Crippen LogP contribution in [0.3, 0.4) is 0 Å². The summed E-state index contributed by atoms with van der Waals surface area (Å²) in [7, 11) is 0. The smallest absolute Gasteiger partial charge is 0.223 e. The van der Waals surface area contributed by atoms with Gasteiger partial charge in [-0.05, 0) is 55.9 Å². The number of amides is 1. The van der Waals surface area contributed by atoms with Gasteiger partial charge in [0.1, 0.15) is 0 Å². The largest absolute Gasteiger partial charge is 0.355 e. The summed E-state index contributed by atoms with van der Waals surface area (Å²) >= 11 is 1.86. The van der Waals surface area contributed by atoms with Crippen molar-refractivity contribution in [3.8, 4) is 0 Å². The molecule has 1 N–H and O–H groups in total. The molecule has 24 heavy (non-hydrogen) atoms. The molecule has 0 aliphatic heterocycles. The summed E-state index contributed by atoms with van der Waals surface area (Å²) in [6.45, 7) is 3.12. The lowest BCUT2D eigenvalue weighted by atomic mass is 9.79. The zero-order chi connectivity index (χ0) is 16.8. The van der Waals surface area contributed by atoms with E-state index in [1.807, 2.05) is 11.3 Å². The van der Waals surface area contributed by atoms with E-state index in [0.717, 1.165) is 25.3 Å². The molecule has 1 amide bonds. The summed E-state index contributed by atoms with van der Waals surface area (Å²) in [5.41, 5.74) is 0.224. The maximum absolute atomic E-state index is 12.7. The predicted octanol–water partition coefficient (Wildman–Crippen LogP) is 5.67. The van der Waals surface area contributed by atoms with Gasteiger partial charge in [-0.15, -0.1) is 11.3 Å². The van der Waals surface area contributed by atoms with Gasteiger partial charge in [0.15, 0.2) is 0 Å². The van der Waals surface area contributed by atoms with Crippen molar-refractivity contribution in [2.75, 3.05) is 6.54 Å². The molecule has 3 heteroatoms. The number of rotatable bonds is 7. The van der Waals surface area contributed by atoms with Gasteiger partial charge in [-0.2, -0.15) is 0 Å². The fraction of sp³-hybridized carbons (Fsp3) is 0.762. The minimum absolute atomic E-state index is 0.224. The van der Waals surface area contributed by atoms with Crippen LogP contribution in [0, 0.1) is 11.8 Å². The molecule has 134 valence electrons. The lowest BCUT2D eigenvalue weighted by molar-refractivity contribution is -0.126. The van der Waals surface area contributed by atoms with E-state index < -0.39 is 0 Å². The van der Waals surface area contributed by atoms with Crippen LogP contribution in [-0.2, 0) is 10.2 Å². The number of carbonyl (C=O) groups is 1. The fourth-order valence-corrected chi connectivity index (χ4v) is 5.74. The monoisotopic (exact) mass is 347 g/mol. The molecular formula is C21H33NOS. The second kappa shape index (κ2) is 8.51. The predicted molar refractivity (Wildman–Crippen MR) is 102 cm³/mol. The number of hydrogen-bond acceptors (Lipinski definition) is 2. The van der Waals surface area contributed by atoms with Crippen LogP contribution in [0.4, 0.5) is 0 Å². The van der Waals surface area contributed by atoms with Crippen LogP contribution in [0.15, 0.2) is 17.5 Å². The SMILES string of the molecule is CCCCC1CCC(C(=O)NCC2(c3cccs3)CCCC2)CC1. The second-order valence-electron chi connectivity index (χ2n) is 8.04. The molecule has 2 aliphatic rings. The topological polar surface area (TPSA) is 29.1 Å². The van der Waals surface area contributed by atoms with Crippen molar-refractivity contribution < 1.29 is 4.79 Å². The first kappa shape index (κ1) is 18.0. The average Bonchev–Trinajstić information content (AvgIpc) is 3.30. The molecule has 1 aromatic rings. The van der Waals surface area contributed by atoms with Gasteiger partial charge >= 0.3 is 0 Å². The van der Waals surface area contributed by atoms with Gasteiger partial charge in [-0.1, -0.05) is 45.1 Å². The van der Waals surface area contributed by atoms with E-state index in [9.17, 15) is 4.79 Å². The molecule has 0 unspecified atom stereocenters. The molecule has 2 aliphatic carbocycles. The van der Waals surface area contributed by atoms with Gasteiger partial charge < -0.3 is 5.32 Å². The first-order valence-corrected chi connectivity index (χ1v) is 10.9. The molecule has 0 atom stereocenters. The number of unbranched alkanes of at least 4 members (excludes halogenated alkanes) is 1. The maximum Gasteiger partial charge on any atom is 0.223 e. The van der Waals surface area contributed by atoms with Crippen LogP contribution in [0.25, 0.3) is 0 Å². The number of thiophene rings is 1. The van der Waals surface area contributed by atoms with E-state index in [1.165, 1.54) is 62.7 Å². The van der Waals surface area contributed by atoms with Gasteiger partial charge in [0.05, 0.1) is 0 Å². The molecular weight excluding hydrogens is 314 g/mol. The Kier molecular flexibility index (Phi) is 6.37. The van der Waals surface area contributed by atoms with Crippen LogP contribution < -0.4 is 5.32 Å². The van der Waals surface area contributed by atoms with Gasteiger partial charge in [0.2, 0.25) is 5.91 Å². The molecule has 0 aromatic carbocycles. The minimum Gasteiger partial charge on any atom is -0.355 e. The van der Waals surface area contributed by atoms with Crippen molar-refractivity contribution in [3.63, 3.8) is 0 Å². The van der Waals surface area contributed by atoms with E-state index in [2.05, 4.69) is 29.8 Å². The molecule has 2 fully saturated rings. The molecule has 0 saturated heterocycles. The third kappa shape index (κ3) is 4.22. The summed E-state index contributed by atoms with van der Waals surface area (Å²) in [6, 6.07) is 4.42. The van der Waals surface area contributed by atoms with Crippen LogP contribution >= 0.6 is 11.3 Å². The Hall–Kier alpha value is -0.830. The molecule has 0 radical (unpaired) electrons. The number of nitrogens with one attached hydrogen (secondary N) is 1. The third-order valence-electron chi connectivity index (χ3n) is 6.39. The number of carbonyl (C=O) groups excluding carboxylic acids is 1. The molecule has 2 saturated carbocycles. The van der Waals surface area contributed by atoms with Gasteiger partial charge in [0.25, 0.3) is 0 Å². The third-order valence-corrected chi connectivity index (χ3v) is 7.51. The Morgan fingerprint density at radius 2 is 2.00 bits per heavy atom. The van der Waals surface area contributed by atoms with Gasteiger partial charge in [-0.25, -0.2) is 0 Å². The van der Waals surface area contributed by atoms with Crippen molar-refractivity contribution >= 4 is 17.2 Å². The molecule has 1 aromatic heterocycles. The quantitative estimate of drug-likeness (QED) is 0.676. The van der Waals surface area contributed by atoms with Crippen molar-refractivity contribution in [2.45, 2.75) is 83.0 Å². The molecule has 0 spiro atoms. The van der Waals surface area contributed by atoms with E-state index in [-0.39, 0.29) is 11.3 Å². The Balaban J connectivity index is 1.49. The molecule has 0 bridgehead atoms. The van der Waals surface area contributed by atoms with E-state index in [4.69, 9.17) is 0 Å². The Labute approximate surface area is 151 Å². The summed E-state index contributed by atoms with van der Waals surface area (Å²) in [5.74, 6) is 1.47. The highest BCUT2D eigenvalue weighted by molar-refractivity contribution is 7.10. The zero-order valence-electron chi connectivity index (χ0n) is 15.2. The first-order valence-electron chi connectivity index (χ1n) is 10.1. The summed E-state index contributed by atoms with van der Waals surface area (Å²) in [4.78, 5) is 14.2. The second-order valence-corrected chi connectivity index (χ2v) is 8.99. The number of hydrogen-bond donors (Lipinski definition) is 1. The van der Waals surface area contributed by atoms with Crippen LogP contribution in [0.5, 0.6) is 0 Å². The standard InChI is InChI=1S/C21H33NOS/c1-2-3-7-17-9-11-18(12-10-17)20(23)22-16-21(13-4-5-14-21)19-8-6-15-24-19/h6,8,15,17-18H,2-5,7,9-14,16H2,1H3,(H,22,23).